The highest BCUT2D eigenvalue weighted by Crippen LogP contribution is 2.34. The number of benzene rings is 2. The Morgan fingerprint density at radius 2 is 0.944 bits per heavy atom. The number of hydrogen-bond acceptors (Lipinski definition) is 2. The van der Waals surface area contributed by atoms with E-state index in [-0.39, 0.29) is 0 Å². The molecule has 0 bridgehead atoms. The zero-order valence-corrected chi connectivity index (χ0v) is 17.3. The van der Waals surface area contributed by atoms with Crippen molar-refractivity contribution >= 4 is 17.5 Å². The molecule has 0 atom stereocenters. The zero-order valence-electron chi connectivity index (χ0n) is 17.3. The van der Waals surface area contributed by atoms with Crippen LogP contribution in [-0.4, -0.2) is 11.8 Å². The lowest BCUT2D eigenvalue weighted by Crippen LogP contribution is -2.25. The summed E-state index contributed by atoms with van der Waals surface area (Å²) >= 11 is 0. The number of allylic oxidation sites excluding steroid dienone is 5. The van der Waals surface area contributed by atoms with Crippen LogP contribution in [0.2, 0.25) is 0 Å². The highest BCUT2D eigenvalue weighted by Gasteiger charge is 2.29. The van der Waals surface area contributed by atoms with Crippen LogP contribution in [-0.2, 0) is 0 Å². The SMILES string of the molecule is O=C(NC1=C(\F)CC\C(F)=C(F)/C(F)=C\1F)c1ccc(C(=O)Nc2c(F)c(F)c(F)c(F)c2F)cc1. The van der Waals surface area contributed by atoms with E-state index in [1.165, 1.54) is 5.32 Å². The lowest BCUT2D eigenvalue weighted by Gasteiger charge is -2.13. The Morgan fingerprint density at radius 3 is 1.44 bits per heavy atom. The van der Waals surface area contributed by atoms with Crippen molar-refractivity contribution in [3.63, 3.8) is 0 Å². The van der Waals surface area contributed by atoms with Gasteiger partial charge in [-0.15, -0.1) is 0 Å². The molecule has 0 fully saturated rings. The first-order valence-electron chi connectivity index (χ1n) is 9.58. The van der Waals surface area contributed by atoms with Gasteiger partial charge in [0.25, 0.3) is 11.8 Å². The third kappa shape index (κ3) is 4.97. The first-order chi connectivity index (χ1) is 16.8. The Morgan fingerprint density at radius 1 is 0.528 bits per heavy atom. The van der Waals surface area contributed by atoms with Crippen molar-refractivity contribution in [2.45, 2.75) is 12.8 Å². The summed E-state index contributed by atoms with van der Waals surface area (Å²) in [6.07, 6.45) is -1.86. The van der Waals surface area contributed by atoms with E-state index >= 15 is 0 Å². The lowest BCUT2D eigenvalue weighted by atomic mass is 10.1. The monoisotopic (exact) mass is 524 g/mol. The average molecular weight is 524 g/mol. The van der Waals surface area contributed by atoms with Crippen LogP contribution in [0.25, 0.3) is 0 Å². The largest absolute Gasteiger partial charge is 0.317 e. The predicted molar refractivity (Wildman–Crippen MR) is 104 cm³/mol. The van der Waals surface area contributed by atoms with Crippen LogP contribution in [0.3, 0.4) is 0 Å². The van der Waals surface area contributed by atoms with Crippen molar-refractivity contribution in [2.75, 3.05) is 5.32 Å². The van der Waals surface area contributed by atoms with Gasteiger partial charge in [-0.3, -0.25) is 9.59 Å². The molecule has 0 unspecified atom stereocenters. The second-order valence-electron chi connectivity index (χ2n) is 7.06. The molecule has 14 heteroatoms. The van der Waals surface area contributed by atoms with Gasteiger partial charge in [0.2, 0.25) is 5.82 Å². The summed E-state index contributed by atoms with van der Waals surface area (Å²) in [6, 6.07) is 3.37. The van der Waals surface area contributed by atoms with E-state index < -0.39 is 105 Å². The van der Waals surface area contributed by atoms with Crippen LogP contribution in [0.15, 0.2) is 59.1 Å². The minimum Gasteiger partial charge on any atom is -0.317 e. The Labute approximate surface area is 194 Å². The molecule has 1 aliphatic rings. The number of carbonyl (C=O) groups excluding carboxylic acids is 2. The molecule has 0 spiro atoms. The van der Waals surface area contributed by atoms with Gasteiger partial charge in [0.1, 0.15) is 23.0 Å². The van der Waals surface area contributed by atoms with Crippen molar-refractivity contribution in [1.82, 2.24) is 5.32 Å². The topological polar surface area (TPSA) is 58.2 Å². The molecular formula is C22H10F10N2O2. The molecule has 2 amide bonds. The van der Waals surface area contributed by atoms with E-state index in [0.717, 1.165) is 24.3 Å². The Kier molecular flexibility index (Phi) is 7.55. The first-order valence-corrected chi connectivity index (χ1v) is 9.58. The summed E-state index contributed by atoms with van der Waals surface area (Å²) < 4.78 is 136. The second-order valence-corrected chi connectivity index (χ2v) is 7.06. The Balaban J connectivity index is 1.82. The molecule has 0 aliphatic heterocycles. The molecule has 2 aromatic carbocycles. The first kappa shape index (κ1) is 26.5. The van der Waals surface area contributed by atoms with Gasteiger partial charge in [-0.25, -0.2) is 43.9 Å². The Hall–Kier alpha value is -4.10. The summed E-state index contributed by atoms with van der Waals surface area (Å²) in [5.74, 6) is -24.3. The fourth-order valence-corrected chi connectivity index (χ4v) is 2.88. The van der Waals surface area contributed by atoms with Gasteiger partial charge in [-0.1, -0.05) is 0 Å². The third-order valence-electron chi connectivity index (χ3n) is 4.77. The van der Waals surface area contributed by atoms with Crippen LogP contribution in [0.1, 0.15) is 33.6 Å². The van der Waals surface area contributed by atoms with Crippen molar-refractivity contribution in [1.29, 1.82) is 0 Å². The second kappa shape index (κ2) is 10.3. The van der Waals surface area contributed by atoms with E-state index in [1.54, 1.807) is 5.32 Å². The molecule has 0 heterocycles. The summed E-state index contributed by atoms with van der Waals surface area (Å²) in [5.41, 5.74) is -3.90. The van der Waals surface area contributed by atoms with Crippen molar-refractivity contribution in [3.8, 4) is 0 Å². The number of hydrogen-bond donors (Lipinski definition) is 2. The summed E-state index contributed by atoms with van der Waals surface area (Å²) in [6.45, 7) is 0. The highest BCUT2D eigenvalue weighted by molar-refractivity contribution is 6.05. The van der Waals surface area contributed by atoms with Gasteiger partial charge >= 0.3 is 0 Å². The molecule has 4 nitrogen and oxygen atoms in total. The zero-order chi connectivity index (χ0) is 26.9. The maximum Gasteiger partial charge on any atom is 0.255 e. The van der Waals surface area contributed by atoms with Gasteiger partial charge in [-0.05, 0) is 24.3 Å². The number of nitrogens with one attached hydrogen (secondary N) is 2. The van der Waals surface area contributed by atoms with Crippen LogP contribution < -0.4 is 10.6 Å². The van der Waals surface area contributed by atoms with Gasteiger partial charge in [0.05, 0.1) is 0 Å². The minimum absolute atomic E-state index is 0.416. The molecule has 0 radical (unpaired) electrons. The number of rotatable bonds is 4. The molecule has 0 saturated carbocycles. The smallest absolute Gasteiger partial charge is 0.255 e. The molecule has 36 heavy (non-hydrogen) atoms. The van der Waals surface area contributed by atoms with E-state index in [9.17, 15) is 53.5 Å². The average Bonchev–Trinajstić information content (AvgIpc) is 2.88. The third-order valence-corrected chi connectivity index (χ3v) is 4.77. The van der Waals surface area contributed by atoms with E-state index in [1.807, 2.05) is 0 Å². The number of amides is 2. The predicted octanol–water partition coefficient (Wildman–Crippen LogP) is 6.64. The van der Waals surface area contributed by atoms with Crippen molar-refractivity contribution < 1.29 is 53.5 Å². The molecule has 2 aromatic rings. The van der Waals surface area contributed by atoms with Gasteiger partial charge in [-0.2, -0.15) is 0 Å². The maximum absolute atomic E-state index is 14.1. The van der Waals surface area contributed by atoms with Crippen LogP contribution in [0.4, 0.5) is 49.6 Å². The molecule has 2 N–H and O–H groups in total. The van der Waals surface area contributed by atoms with Gasteiger partial charge < -0.3 is 10.6 Å². The molecule has 1 aliphatic carbocycles. The normalized spacial score (nSPS) is 20.6. The summed E-state index contributed by atoms with van der Waals surface area (Å²) in [4.78, 5) is 24.5. The minimum atomic E-state index is -2.44. The number of anilines is 1. The molecule has 190 valence electrons. The maximum atomic E-state index is 14.1. The molecule has 0 aromatic heterocycles. The van der Waals surface area contributed by atoms with Crippen molar-refractivity contribution in [3.05, 3.63) is 99.3 Å². The van der Waals surface area contributed by atoms with E-state index in [2.05, 4.69) is 0 Å². The molecule has 3 rings (SSSR count). The van der Waals surface area contributed by atoms with Crippen LogP contribution >= 0.6 is 0 Å². The lowest BCUT2D eigenvalue weighted by molar-refractivity contribution is 0.0961. The molecule has 0 saturated heterocycles. The molecular weight excluding hydrogens is 514 g/mol. The van der Waals surface area contributed by atoms with Crippen LogP contribution in [0, 0.1) is 29.1 Å². The van der Waals surface area contributed by atoms with Gasteiger partial charge in [0, 0.05) is 24.0 Å². The van der Waals surface area contributed by atoms with E-state index in [4.69, 9.17) is 0 Å². The van der Waals surface area contributed by atoms with Crippen LogP contribution in [0.5, 0.6) is 0 Å². The van der Waals surface area contributed by atoms with Gasteiger partial charge in [0.15, 0.2) is 40.7 Å². The quantitative estimate of drug-likeness (QED) is 0.268. The fourth-order valence-electron chi connectivity index (χ4n) is 2.88. The summed E-state index contributed by atoms with van der Waals surface area (Å²) in [7, 11) is 0. The standard InChI is InChI=1S/C22H10F10N2O2/c23-9-5-6-10(24)19(16(30)12(26)11(9)25)33-21(35)7-1-3-8(4-2-7)22(36)34-20-17(31)14(28)13(27)15(29)18(20)32/h1-4H,5-6H2,(H,33,35)(H,34,36)/b11-9-,16-12-,19-10-. The highest BCUT2D eigenvalue weighted by atomic mass is 19.2. The Bertz CT molecular complexity index is 1330. The van der Waals surface area contributed by atoms with E-state index in [0.29, 0.717) is 0 Å². The summed E-state index contributed by atoms with van der Waals surface area (Å²) in [5, 5.41) is 3.15. The van der Waals surface area contributed by atoms with Crippen molar-refractivity contribution in [2.24, 2.45) is 0 Å². The number of halogens is 10. The number of carbonyl (C=O) groups is 2. The fraction of sp³-hybridized carbons (Fsp3) is 0.0909.